The van der Waals surface area contributed by atoms with Gasteiger partial charge in [0.05, 0.1) is 6.04 Å². The molecule has 76 valence electrons. The quantitative estimate of drug-likeness (QED) is 0.716. The van der Waals surface area contributed by atoms with E-state index < -0.39 is 0 Å². The van der Waals surface area contributed by atoms with Crippen LogP contribution in [0, 0.1) is 0 Å². The van der Waals surface area contributed by atoms with Crippen molar-refractivity contribution in [3.63, 3.8) is 0 Å². The summed E-state index contributed by atoms with van der Waals surface area (Å²) in [6, 6.07) is 0.328. The molecule has 1 aromatic rings. The van der Waals surface area contributed by atoms with E-state index in [4.69, 9.17) is 0 Å². The monoisotopic (exact) mass is 193 g/mol. The van der Waals surface area contributed by atoms with Crippen LogP contribution in [0.4, 0.5) is 0 Å². The molecule has 1 aliphatic rings. The zero-order valence-electron chi connectivity index (χ0n) is 8.39. The highest BCUT2D eigenvalue weighted by molar-refractivity contribution is 5.18. The van der Waals surface area contributed by atoms with Crippen molar-refractivity contribution in [3.05, 3.63) is 22.9 Å². The third kappa shape index (κ3) is 1.52. The fourth-order valence-corrected chi connectivity index (χ4v) is 1.99. The van der Waals surface area contributed by atoms with E-state index in [1.807, 2.05) is 13.0 Å². The van der Waals surface area contributed by atoms with Crippen molar-refractivity contribution < 1.29 is 0 Å². The molecule has 1 aromatic heterocycles. The summed E-state index contributed by atoms with van der Waals surface area (Å²) < 4.78 is 3.14. The number of hydrogen-bond acceptors (Lipinski definition) is 2. The highest BCUT2D eigenvalue weighted by Crippen LogP contribution is 2.27. The van der Waals surface area contributed by atoms with E-state index in [1.54, 1.807) is 17.2 Å². The lowest BCUT2D eigenvalue weighted by Gasteiger charge is -2.06. The van der Waals surface area contributed by atoms with Gasteiger partial charge in [0.1, 0.15) is 6.33 Å². The lowest BCUT2D eigenvalue weighted by atomic mass is 10.3. The molecule has 0 amide bonds. The number of allylic oxidation sites excluding steroid dienone is 1. The normalized spacial score (nSPS) is 18.4. The first-order valence-corrected chi connectivity index (χ1v) is 5.11. The summed E-state index contributed by atoms with van der Waals surface area (Å²) in [6.07, 6.45) is 9.77. The van der Waals surface area contributed by atoms with Gasteiger partial charge in [-0.15, -0.1) is 0 Å². The fourth-order valence-electron chi connectivity index (χ4n) is 1.99. The van der Waals surface area contributed by atoms with E-state index in [-0.39, 0.29) is 5.69 Å². The summed E-state index contributed by atoms with van der Waals surface area (Å²) in [5.41, 5.74) is -0.0185. The minimum Gasteiger partial charge on any atom is -0.257 e. The maximum atomic E-state index is 11.8. The maximum Gasteiger partial charge on any atom is 0.350 e. The molecule has 1 fully saturated rings. The van der Waals surface area contributed by atoms with E-state index >= 15 is 0 Å². The van der Waals surface area contributed by atoms with Gasteiger partial charge < -0.3 is 0 Å². The van der Waals surface area contributed by atoms with E-state index in [1.165, 1.54) is 17.4 Å². The second-order valence-corrected chi connectivity index (χ2v) is 3.69. The Balaban J connectivity index is 2.30. The molecule has 4 nitrogen and oxygen atoms in total. The van der Waals surface area contributed by atoms with E-state index in [0.717, 1.165) is 12.8 Å². The van der Waals surface area contributed by atoms with Gasteiger partial charge in [-0.1, -0.05) is 18.9 Å². The molecule has 1 saturated carbocycles. The number of hydrogen-bond donors (Lipinski definition) is 0. The largest absolute Gasteiger partial charge is 0.350 e. The lowest BCUT2D eigenvalue weighted by molar-refractivity contribution is 0.450. The summed E-state index contributed by atoms with van der Waals surface area (Å²) in [4.78, 5) is 11.8. The number of aromatic nitrogens is 3. The highest BCUT2D eigenvalue weighted by atomic mass is 16.2. The molecular weight excluding hydrogens is 178 g/mol. The Bertz CT molecular complexity index is 382. The van der Waals surface area contributed by atoms with E-state index in [9.17, 15) is 4.79 Å². The van der Waals surface area contributed by atoms with Crippen LogP contribution >= 0.6 is 0 Å². The Kier molecular flexibility index (Phi) is 2.52. The van der Waals surface area contributed by atoms with Crippen LogP contribution in [-0.2, 0) is 0 Å². The summed E-state index contributed by atoms with van der Waals surface area (Å²) >= 11 is 0. The Morgan fingerprint density at radius 2 is 2.21 bits per heavy atom. The van der Waals surface area contributed by atoms with Crippen molar-refractivity contribution in [1.29, 1.82) is 0 Å². The van der Waals surface area contributed by atoms with Crippen LogP contribution in [0.5, 0.6) is 0 Å². The molecule has 14 heavy (non-hydrogen) atoms. The van der Waals surface area contributed by atoms with Gasteiger partial charge in [0.15, 0.2) is 0 Å². The molecule has 1 heterocycles. The van der Waals surface area contributed by atoms with Gasteiger partial charge in [0, 0.05) is 6.20 Å². The van der Waals surface area contributed by atoms with Crippen molar-refractivity contribution in [2.45, 2.75) is 38.6 Å². The Morgan fingerprint density at radius 1 is 1.50 bits per heavy atom. The fraction of sp³-hybridized carbons (Fsp3) is 0.600. The SMILES string of the molecule is C/C=C/n1cnn(C2CCCC2)c1=O. The van der Waals surface area contributed by atoms with Crippen LogP contribution in [0.25, 0.3) is 6.20 Å². The smallest absolute Gasteiger partial charge is 0.257 e. The van der Waals surface area contributed by atoms with Crippen molar-refractivity contribution >= 4 is 6.20 Å². The molecule has 1 aliphatic carbocycles. The first-order valence-electron chi connectivity index (χ1n) is 5.11. The van der Waals surface area contributed by atoms with Crippen LogP contribution < -0.4 is 5.69 Å². The summed E-state index contributed by atoms with van der Waals surface area (Å²) in [5.74, 6) is 0. The Labute approximate surface area is 82.9 Å². The van der Waals surface area contributed by atoms with Crippen LogP contribution in [-0.4, -0.2) is 14.3 Å². The standard InChI is InChI=1S/C10H15N3O/c1-2-7-12-8-11-13(10(12)14)9-5-3-4-6-9/h2,7-9H,3-6H2,1H3/b7-2+. The average molecular weight is 193 g/mol. The minimum atomic E-state index is -0.0185. The molecule has 4 heteroatoms. The van der Waals surface area contributed by atoms with Gasteiger partial charge in [-0.2, -0.15) is 5.10 Å². The predicted molar refractivity (Wildman–Crippen MR) is 55.0 cm³/mol. The molecule has 0 N–H and O–H groups in total. The molecule has 0 aliphatic heterocycles. The Hall–Kier alpha value is -1.32. The van der Waals surface area contributed by atoms with Crippen molar-refractivity contribution in [1.82, 2.24) is 14.3 Å². The van der Waals surface area contributed by atoms with Crippen LogP contribution in [0.2, 0.25) is 0 Å². The third-order valence-corrected chi connectivity index (χ3v) is 2.70. The summed E-state index contributed by atoms with van der Waals surface area (Å²) in [6.45, 7) is 1.89. The van der Waals surface area contributed by atoms with Gasteiger partial charge >= 0.3 is 5.69 Å². The molecular formula is C10H15N3O. The van der Waals surface area contributed by atoms with Crippen LogP contribution in [0.3, 0.4) is 0 Å². The van der Waals surface area contributed by atoms with Crippen molar-refractivity contribution in [2.75, 3.05) is 0 Å². The molecule has 0 saturated heterocycles. The zero-order valence-corrected chi connectivity index (χ0v) is 8.39. The molecule has 2 rings (SSSR count). The van der Waals surface area contributed by atoms with Gasteiger partial charge in [-0.05, 0) is 19.8 Å². The minimum absolute atomic E-state index is 0.0185. The third-order valence-electron chi connectivity index (χ3n) is 2.70. The van der Waals surface area contributed by atoms with Gasteiger partial charge in [0.25, 0.3) is 0 Å². The second kappa shape index (κ2) is 3.82. The summed E-state index contributed by atoms with van der Waals surface area (Å²) in [5, 5.41) is 4.13. The maximum absolute atomic E-state index is 11.8. The van der Waals surface area contributed by atoms with Gasteiger partial charge in [0.2, 0.25) is 0 Å². The van der Waals surface area contributed by atoms with Crippen molar-refractivity contribution in [3.8, 4) is 0 Å². The highest BCUT2D eigenvalue weighted by Gasteiger charge is 2.19. The molecule has 0 spiro atoms. The number of rotatable bonds is 2. The first-order chi connectivity index (χ1) is 6.83. The molecule has 0 bridgehead atoms. The van der Waals surface area contributed by atoms with E-state index in [2.05, 4.69) is 5.10 Å². The topological polar surface area (TPSA) is 39.8 Å². The van der Waals surface area contributed by atoms with Crippen LogP contribution in [0.15, 0.2) is 17.2 Å². The van der Waals surface area contributed by atoms with Crippen molar-refractivity contribution in [2.24, 2.45) is 0 Å². The average Bonchev–Trinajstić information content (AvgIpc) is 2.77. The predicted octanol–water partition coefficient (Wildman–Crippen LogP) is 1.65. The molecule has 0 aromatic carbocycles. The summed E-state index contributed by atoms with van der Waals surface area (Å²) in [7, 11) is 0. The second-order valence-electron chi connectivity index (χ2n) is 3.69. The van der Waals surface area contributed by atoms with Gasteiger partial charge in [-0.25, -0.2) is 9.48 Å². The molecule has 0 radical (unpaired) electrons. The lowest BCUT2D eigenvalue weighted by Crippen LogP contribution is -2.25. The Morgan fingerprint density at radius 3 is 2.86 bits per heavy atom. The van der Waals surface area contributed by atoms with Gasteiger partial charge in [-0.3, -0.25) is 4.57 Å². The first kappa shape index (κ1) is 9.24. The van der Waals surface area contributed by atoms with E-state index in [0.29, 0.717) is 6.04 Å². The van der Waals surface area contributed by atoms with Crippen LogP contribution in [0.1, 0.15) is 38.6 Å². The zero-order chi connectivity index (χ0) is 9.97. The molecule has 0 unspecified atom stereocenters. The molecule has 0 atom stereocenters. The number of nitrogens with zero attached hydrogens (tertiary/aromatic N) is 3.